The van der Waals surface area contributed by atoms with Crippen LogP contribution in [0.2, 0.25) is 0 Å². The molecule has 3 rings (SSSR count). The molecule has 6 nitrogen and oxygen atoms in total. The van der Waals surface area contributed by atoms with Crippen LogP contribution in [-0.4, -0.2) is 37.9 Å². The topological polar surface area (TPSA) is 62.1 Å². The number of fused-ring (bicyclic) bond motifs is 1. The molecule has 0 atom stereocenters. The first-order chi connectivity index (χ1) is 13.6. The fraction of sp³-hybridized carbons (Fsp3) is 0.333. The summed E-state index contributed by atoms with van der Waals surface area (Å²) in [6.07, 6.45) is 0. The van der Waals surface area contributed by atoms with Crippen molar-refractivity contribution in [3.8, 4) is 11.5 Å². The second-order valence-electron chi connectivity index (χ2n) is 6.17. The van der Waals surface area contributed by atoms with Gasteiger partial charge in [0.05, 0.1) is 31.0 Å². The van der Waals surface area contributed by atoms with Gasteiger partial charge in [0.2, 0.25) is 0 Å². The molecule has 148 valence electrons. The minimum atomic E-state index is -0.341. The van der Waals surface area contributed by atoms with Crippen LogP contribution in [0.1, 0.15) is 22.8 Å². The molecule has 0 aliphatic carbocycles. The van der Waals surface area contributed by atoms with Gasteiger partial charge < -0.3 is 18.8 Å². The highest BCUT2D eigenvalue weighted by atomic mass is 32.1. The number of hydrogen-bond acceptors (Lipinski definition) is 5. The van der Waals surface area contributed by atoms with Gasteiger partial charge in [-0.05, 0) is 37.6 Å². The lowest BCUT2D eigenvalue weighted by molar-refractivity contribution is 0.0996. The summed E-state index contributed by atoms with van der Waals surface area (Å²) in [5, 5.41) is 0. The first-order valence-corrected chi connectivity index (χ1v) is 9.87. The van der Waals surface area contributed by atoms with Crippen LogP contribution in [0.15, 0.2) is 41.4 Å². The molecule has 0 N–H and O–H groups in total. The van der Waals surface area contributed by atoms with Gasteiger partial charge in [-0.3, -0.25) is 4.79 Å². The molecule has 0 saturated carbocycles. The number of rotatable bonds is 7. The van der Waals surface area contributed by atoms with Crippen molar-refractivity contribution < 1.29 is 19.0 Å². The number of carbonyl (C=O) groups excluding carboxylic acids is 1. The Morgan fingerprint density at radius 3 is 2.50 bits per heavy atom. The number of amides is 1. The molecule has 1 aromatic heterocycles. The number of ether oxygens (including phenoxy) is 3. The minimum Gasteiger partial charge on any atom is -0.497 e. The molecule has 0 bridgehead atoms. The normalized spacial score (nSPS) is 11.8. The van der Waals surface area contributed by atoms with Crippen molar-refractivity contribution >= 4 is 27.5 Å². The highest BCUT2D eigenvalue weighted by Gasteiger charge is 2.13. The number of thiazole rings is 1. The monoisotopic (exact) mass is 400 g/mol. The van der Waals surface area contributed by atoms with Crippen LogP contribution in [0.5, 0.6) is 11.5 Å². The van der Waals surface area contributed by atoms with E-state index >= 15 is 0 Å². The van der Waals surface area contributed by atoms with Crippen LogP contribution in [0.25, 0.3) is 10.2 Å². The van der Waals surface area contributed by atoms with E-state index in [1.165, 1.54) is 11.3 Å². The van der Waals surface area contributed by atoms with Gasteiger partial charge in [0.15, 0.2) is 4.80 Å². The third-order valence-electron chi connectivity index (χ3n) is 4.36. The highest BCUT2D eigenvalue weighted by molar-refractivity contribution is 7.16. The first-order valence-electron chi connectivity index (χ1n) is 9.06. The Hall–Kier alpha value is -2.64. The van der Waals surface area contributed by atoms with Gasteiger partial charge in [0.25, 0.3) is 5.91 Å². The van der Waals surface area contributed by atoms with Crippen LogP contribution >= 0.6 is 11.3 Å². The Morgan fingerprint density at radius 1 is 1.14 bits per heavy atom. The number of nitrogens with zero attached hydrogens (tertiary/aromatic N) is 2. The molecule has 2 aromatic carbocycles. The van der Waals surface area contributed by atoms with Crippen molar-refractivity contribution in [2.24, 2.45) is 4.99 Å². The van der Waals surface area contributed by atoms with Crippen molar-refractivity contribution in [2.75, 3.05) is 27.4 Å². The van der Waals surface area contributed by atoms with E-state index in [1.807, 2.05) is 19.1 Å². The van der Waals surface area contributed by atoms with E-state index in [2.05, 4.69) is 22.5 Å². The van der Waals surface area contributed by atoms with Gasteiger partial charge in [0, 0.05) is 24.8 Å². The third kappa shape index (κ3) is 4.26. The summed E-state index contributed by atoms with van der Waals surface area (Å²) in [5.41, 5.74) is 2.64. The summed E-state index contributed by atoms with van der Waals surface area (Å²) in [6.45, 7) is 5.87. The van der Waals surface area contributed by atoms with Crippen LogP contribution in [0, 0.1) is 6.92 Å². The molecule has 7 heteroatoms. The van der Waals surface area contributed by atoms with Crippen molar-refractivity contribution in [3.05, 3.63) is 52.3 Å². The van der Waals surface area contributed by atoms with Gasteiger partial charge >= 0.3 is 0 Å². The molecule has 3 aromatic rings. The first kappa shape index (κ1) is 20.1. The molecule has 1 amide bonds. The second kappa shape index (κ2) is 9.03. The van der Waals surface area contributed by atoms with Crippen molar-refractivity contribution in [1.82, 2.24) is 4.57 Å². The van der Waals surface area contributed by atoms with Crippen LogP contribution in [0.4, 0.5) is 0 Å². The summed E-state index contributed by atoms with van der Waals surface area (Å²) < 4.78 is 19.2. The van der Waals surface area contributed by atoms with E-state index in [1.54, 1.807) is 32.4 Å². The van der Waals surface area contributed by atoms with Crippen LogP contribution in [0.3, 0.4) is 0 Å². The fourth-order valence-electron chi connectivity index (χ4n) is 2.98. The molecule has 0 radical (unpaired) electrons. The van der Waals surface area contributed by atoms with Crippen molar-refractivity contribution in [3.63, 3.8) is 0 Å². The maximum Gasteiger partial charge on any atom is 0.279 e. The lowest BCUT2D eigenvalue weighted by Gasteiger charge is -2.08. The van der Waals surface area contributed by atoms with Gasteiger partial charge in [-0.25, -0.2) is 0 Å². The van der Waals surface area contributed by atoms with Gasteiger partial charge in [-0.2, -0.15) is 4.99 Å². The van der Waals surface area contributed by atoms with Crippen molar-refractivity contribution in [2.45, 2.75) is 20.4 Å². The standard InChI is InChI=1S/C21H24N2O4S/c1-5-27-10-9-23-19-14(2)7-6-8-18(19)28-21(23)22-20(24)15-11-16(25-3)13-17(12-15)26-4/h6-8,11-13H,5,9-10H2,1-4H3. The van der Waals surface area contributed by atoms with Gasteiger partial charge in [-0.1, -0.05) is 23.5 Å². The van der Waals surface area contributed by atoms with E-state index in [9.17, 15) is 4.79 Å². The molecule has 0 aliphatic rings. The predicted octanol–water partition coefficient (Wildman–Crippen LogP) is 3.81. The largest absolute Gasteiger partial charge is 0.497 e. The number of aryl methyl sites for hydroxylation is 1. The zero-order valence-corrected chi connectivity index (χ0v) is 17.3. The molecule has 0 fully saturated rings. The second-order valence-corrected chi connectivity index (χ2v) is 7.18. The zero-order chi connectivity index (χ0) is 20.1. The Morgan fingerprint density at radius 2 is 1.86 bits per heavy atom. The summed E-state index contributed by atoms with van der Waals surface area (Å²) in [4.78, 5) is 17.9. The molecular formula is C21H24N2O4S. The number of carbonyl (C=O) groups is 1. The van der Waals surface area contributed by atoms with E-state index in [-0.39, 0.29) is 5.91 Å². The summed E-state index contributed by atoms with van der Waals surface area (Å²) in [6, 6.07) is 11.2. The number of para-hydroxylation sites is 1. The Kier molecular flexibility index (Phi) is 6.49. The fourth-order valence-corrected chi connectivity index (χ4v) is 4.11. The highest BCUT2D eigenvalue weighted by Crippen LogP contribution is 2.24. The van der Waals surface area contributed by atoms with Gasteiger partial charge in [-0.15, -0.1) is 0 Å². The SMILES string of the molecule is CCOCCn1c(=NC(=O)c2cc(OC)cc(OC)c2)sc2cccc(C)c21. The van der Waals surface area contributed by atoms with Crippen LogP contribution < -0.4 is 14.3 Å². The lowest BCUT2D eigenvalue weighted by Crippen LogP contribution is -2.20. The summed E-state index contributed by atoms with van der Waals surface area (Å²) >= 11 is 1.50. The Balaban J connectivity index is 2.09. The maximum absolute atomic E-state index is 12.9. The Labute approximate surface area is 168 Å². The summed E-state index contributed by atoms with van der Waals surface area (Å²) in [7, 11) is 3.10. The molecule has 1 heterocycles. The minimum absolute atomic E-state index is 0.341. The molecule has 0 unspecified atom stereocenters. The van der Waals surface area contributed by atoms with Gasteiger partial charge in [0.1, 0.15) is 11.5 Å². The van der Waals surface area contributed by atoms with E-state index < -0.39 is 0 Å². The maximum atomic E-state index is 12.9. The van der Waals surface area contributed by atoms with Crippen molar-refractivity contribution in [1.29, 1.82) is 0 Å². The lowest BCUT2D eigenvalue weighted by atomic mass is 10.2. The number of aromatic nitrogens is 1. The molecule has 0 saturated heterocycles. The van der Waals surface area contributed by atoms with E-state index in [4.69, 9.17) is 14.2 Å². The number of methoxy groups -OCH3 is 2. The third-order valence-corrected chi connectivity index (χ3v) is 5.41. The zero-order valence-electron chi connectivity index (χ0n) is 16.5. The number of hydrogen-bond donors (Lipinski definition) is 0. The predicted molar refractivity (Wildman–Crippen MR) is 110 cm³/mol. The smallest absolute Gasteiger partial charge is 0.279 e. The average molecular weight is 401 g/mol. The van der Waals surface area contributed by atoms with E-state index in [0.717, 1.165) is 15.8 Å². The number of benzene rings is 2. The van der Waals surface area contributed by atoms with E-state index in [0.29, 0.717) is 41.6 Å². The molecule has 0 aliphatic heterocycles. The Bertz CT molecular complexity index is 1030. The summed E-state index contributed by atoms with van der Waals surface area (Å²) in [5.74, 6) is 0.759. The molecular weight excluding hydrogens is 376 g/mol. The average Bonchev–Trinajstić information content (AvgIpc) is 3.06. The van der Waals surface area contributed by atoms with Crippen LogP contribution in [-0.2, 0) is 11.3 Å². The molecule has 0 spiro atoms. The quantitative estimate of drug-likeness (QED) is 0.566. The molecule has 28 heavy (non-hydrogen) atoms.